The Morgan fingerprint density at radius 3 is 2.30 bits per heavy atom. The molecule has 1 N–H and O–H groups in total. The largest absolute Gasteiger partial charge is 0.338 e. The van der Waals surface area contributed by atoms with Gasteiger partial charge in [0.25, 0.3) is 5.91 Å². The van der Waals surface area contributed by atoms with Gasteiger partial charge in [0.05, 0.1) is 4.90 Å². The smallest absolute Gasteiger partial charge is 0.325 e. The number of urea groups is 1. The fraction of sp³-hybridized carbons (Fsp3) is 0.526. The van der Waals surface area contributed by atoms with Crippen molar-refractivity contribution in [1.29, 1.82) is 0 Å². The maximum atomic E-state index is 12.7. The molecule has 2 aliphatic rings. The molecule has 0 radical (unpaired) electrons. The minimum Gasteiger partial charge on any atom is -0.338 e. The van der Waals surface area contributed by atoms with E-state index >= 15 is 0 Å². The van der Waals surface area contributed by atoms with E-state index in [9.17, 15) is 22.8 Å². The van der Waals surface area contributed by atoms with Gasteiger partial charge in [-0.15, -0.1) is 0 Å². The Hall–Kier alpha value is -2.17. The van der Waals surface area contributed by atoms with Crippen molar-refractivity contribution >= 4 is 39.5 Å². The Morgan fingerprint density at radius 2 is 1.73 bits per heavy atom. The number of amides is 4. The average Bonchev–Trinajstić information content (AvgIpc) is 2.95. The summed E-state index contributed by atoms with van der Waals surface area (Å²) >= 11 is 5.82. The topological polar surface area (TPSA) is 107 Å². The lowest BCUT2D eigenvalue weighted by atomic mass is 10.0. The zero-order valence-electron chi connectivity index (χ0n) is 16.9. The molecule has 0 spiro atoms. The number of halogens is 1. The van der Waals surface area contributed by atoms with Gasteiger partial charge >= 0.3 is 6.03 Å². The van der Waals surface area contributed by atoms with Gasteiger partial charge in [0, 0.05) is 31.2 Å². The predicted molar refractivity (Wildman–Crippen MR) is 110 cm³/mol. The van der Waals surface area contributed by atoms with Crippen molar-refractivity contribution in [3.05, 3.63) is 29.3 Å². The summed E-state index contributed by atoms with van der Waals surface area (Å²) in [5, 5.41) is 3.06. The van der Waals surface area contributed by atoms with Crippen molar-refractivity contribution in [2.75, 3.05) is 32.7 Å². The highest BCUT2D eigenvalue weighted by Gasteiger charge is 2.40. The number of sulfonamides is 1. The molecular weight excluding hydrogens is 432 g/mol. The third-order valence-corrected chi connectivity index (χ3v) is 7.32. The fourth-order valence-electron chi connectivity index (χ4n) is 3.53. The van der Waals surface area contributed by atoms with Crippen LogP contribution < -0.4 is 5.32 Å². The SMILES string of the molecule is CC(C)C[C@@H]1NC(=O)N(CC(=O)N2CCN(S(=O)(=O)c3ccc(Cl)cc3)CC2)C1=O. The molecule has 1 atom stereocenters. The first-order valence-corrected chi connectivity index (χ1v) is 11.6. The van der Waals surface area contributed by atoms with Crippen LogP contribution in [0.1, 0.15) is 20.3 Å². The highest BCUT2D eigenvalue weighted by atomic mass is 35.5. The molecule has 9 nitrogen and oxygen atoms in total. The molecule has 1 aromatic carbocycles. The van der Waals surface area contributed by atoms with Crippen LogP contribution in [-0.2, 0) is 19.6 Å². The van der Waals surface area contributed by atoms with E-state index in [1.807, 2.05) is 13.8 Å². The zero-order valence-corrected chi connectivity index (χ0v) is 18.4. The Kier molecular flexibility index (Phi) is 6.68. The zero-order chi connectivity index (χ0) is 22.1. The van der Waals surface area contributed by atoms with Gasteiger partial charge in [-0.1, -0.05) is 25.4 Å². The lowest BCUT2D eigenvalue weighted by Crippen LogP contribution is -2.53. The fourth-order valence-corrected chi connectivity index (χ4v) is 5.07. The van der Waals surface area contributed by atoms with Gasteiger partial charge in [0.1, 0.15) is 12.6 Å². The minimum absolute atomic E-state index is 0.132. The summed E-state index contributed by atoms with van der Waals surface area (Å²) in [4.78, 5) is 39.7. The van der Waals surface area contributed by atoms with E-state index in [1.54, 1.807) is 0 Å². The molecule has 0 aliphatic carbocycles. The van der Waals surface area contributed by atoms with Gasteiger partial charge in [-0.25, -0.2) is 13.2 Å². The molecule has 2 heterocycles. The van der Waals surface area contributed by atoms with Gasteiger partial charge < -0.3 is 10.2 Å². The van der Waals surface area contributed by atoms with Crippen molar-refractivity contribution in [2.45, 2.75) is 31.2 Å². The van der Waals surface area contributed by atoms with Crippen LogP contribution in [0.2, 0.25) is 5.02 Å². The quantitative estimate of drug-likeness (QED) is 0.646. The van der Waals surface area contributed by atoms with Crippen molar-refractivity contribution in [2.24, 2.45) is 5.92 Å². The number of hydrogen-bond acceptors (Lipinski definition) is 5. The summed E-state index contributed by atoms with van der Waals surface area (Å²) < 4.78 is 26.8. The average molecular weight is 457 g/mol. The molecule has 0 saturated carbocycles. The standard InChI is InChI=1S/C19H25ClN4O5S/c1-13(2)11-16-18(26)24(19(27)21-16)12-17(25)22-7-9-23(10-8-22)30(28,29)15-5-3-14(20)4-6-15/h3-6,13,16H,7-12H2,1-2H3,(H,21,27)/t16-/m0/s1. The maximum absolute atomic E-state index is 12.7. The molecular formula is C19H25ClN4O5S. The van der Waals surface area contributed by atoms with E-state index in [1.165, 1.54) is 33.5 Å². The van der Waals surface area contributed by atoms with Gasteiger partial charge in [-0.2, -0.15) is 4.31 Å². The summed E-state index contributed by atoms with van der Waals surface area (Å²) in [6, 6.07) is 4.74. The van der Waals surface area contributed by atoms with Crippen LogP contribution in [0.3, 0.4) is 0 Å². The van der Waals surface area contributed by atoms with Gasteiger partial charge in [-0.3, -0.25) is 14.5 Å². The first-order chi connectivity index (χ1) is 14.1. The van der Waals surface area contributed by atoms with Crippen molar-refractivity contribution in [1.82, 2.24) is 19.4 Å². The first-order valence-electron chi connectivity index (χ1n) is 9.75. The lowest BCUT2D eigenvalue weighted by Gasteiger charge is -2.34. The number of benzene rings is 1. The second-order valence-electron chi connectivity index (χ2n) is 7.79. The van der Waals surface area contributed by atoms with E-state index in [-0.39, 0.29) is 49.4 Å². The Balaban J connectivity index is 1.57. The molecule has 1 aromatic rings. The number of nitrogens with zero attached hydrogens (tertiary/aromatic N) is 3. The van der Waals surface area contributed by atoms with Crippen LogP contribution in [0.4, 0.5) is 4.79 Å². The third-order valence-electron chi connectivity index (χ3n) is 5.15. The number of nitrogens with one attached hydrogen (secondary N) is 1. The lowest BCUT2D eigenvalue weighted by molar-refractivity contribution is -0.138. The summed E-state index contributed by atoms with van der Waals surface area (Å²) in [7, 11) is -3.68. The number of rotatable bonds is 6. The van der Waals surface area contributed by atoms with Crippen LogP contribution >= 0.6 is 11.6 Å². The summed E-state index contributed by atoms with van der Waals surface area (Å²) in [5.41, 5.74) is 0. The monoisotopic (exact) mass is 456 g/mol. The summed E-state index contributed by atoms with van der Waals surface area (Å²) in [5.74, 6) is -0.552. The normalized spacial score (nSPS) is 20.7. The van der Waals surface area contributed by atoms with Crippen molar-refractivity contribution in [3.8, 4) is 0 Å². The Bertz CT molecular complexity index is 927. The second-order valence-corrected chi connectivity index (χ2v) is 10.2. The van der Waals surface area contributed by atoms with Crippen LogP contribution in [0.5, 0.6) is 0 Å². The summed E-state index contributed by atoms with van der Waals surface area (Å²) in [6.45, 7) is 4.19. The third kappa shape index (κ3) is 4.76. The minimum atomic E-state index is -3.68. The molecule has 30 heavy (non-hydrogen) atoms. The maximum Gasteiger partial charge on any atom is 0.325 e. The van der Waals surface area contributed by atoms with Gasteiger partial charge in [0.15, 0.2) is 0 Å². The second kappa shape index (κ2) is 8.91. The number of carbonyl (C=O) groups excluding carboxylic acids is 3. The number of hydrogen-bond donors (Lipinski definition) is 1. The van der Waals surface area contributed by atoms with E-state index < -0.39 is 28.0 Å². The van der Waals surface area contributed by atoms with Crippen molar-refractivity contribution in [3.63, 3.8) is 0 Å². The number of carbonyl (C=O) groups is 3. The molecule has 2 saturated heterocycles. The molecule has 164 valence electrons. The van der Waals surface area contributed by atoms with Crippen LogP contribution in [-0.4, -0.2) is 79.1 Å². The van der Waals surface area contributed by atoms with E-state index in [0.717, 1.165) is 4.90 Å². The molecule has 4 amide bonds. The van der Waals surface area contributed by atoms with Crippen LogP contribution in [0, 0.1) is 5.92 Å². The molecule has 0 unspecified atom stereocenters. The van der Waals surface area contributed by atoms with E-state index in [0.29, 0.717) is 11.4 Å². The molecule has 2 fully saturated rings. The summed E-state index contributed by atoms with van der Waals surface area (Å²) in [6.07, 6.45) is 0.510. The molecule has 3 rings (SSSR count). The van der Waals surface area contributed by atoms with E-state index in [2.05, 4.69) is 5.32 Å². The van der Waals surface area contributed by atoms with Gasteiger partial charge in [0.2, 0.25) is 15.9 Å². The molecule has 0 aromatic heterocycles. The Labute approximate surface area is 181 Å². The first kappa shape index (κ1) is 22.5. The molecule has 2 aliphatic heterocycles. The predicted octanol–water partition coefficient (Wildman–Crippen LogP) is 1.14. The Morgan fingerprint density at radius 1 is 1.13 bits per heavy atom. The molecule has 0 bridgehead atoms. The van der Waals surface area contributed by atoms with Crippen LogP contribution in [0.15, 0.2) is 29.2 Å². The van der Waals surface area contributed by atoms with Crippen molar-refractivity contribution < 1.29 is 22.8 Å². The highest BCUT2D eigenvalue weighted by molar-refractivity contribution is 7.89. The molecule has 11 heteroatoms. The van der Waals surface area contributed by atoms with E-state index in [4.69, 9.17) is 11.6 Å². The van der Waals surface area contributed by atoms with Crippen LogP contribution in [0.25, 0.3) is 0 Å². The number of imide groups is 1. The number of piperazine rings is 1. The van der Waals surface area contributed by atoms with Gasteiger partial charge in [-0.05, 0) is 36.6 Å². The highest BCUT2D eigenvalue weighted by Crippen LogP contribution is 2.20.